The first-order chi connectivity index (χ1) is 17.1. The number of benzene rings is 3. The van der Waals surface area contributed by atoms with E-state index < -0.39 is 11.5 Å². The highest BCUT2D eigenvalue weighted by Gasteiger charge is 2.48. The summed E-state index contributed by atoms with van der Waals surface area (Å²) in [6.07, 6.45) is 1.31. The average molecular weight is 466 g/mol. The molecule has 1 atom stereocenters. The molecule has 0 aliphatic carbocycles. The number of likely N-dealkylation sites (tertiary alicyclic amines) is 1. The second-order valence-electron chi connectivity index (χ2n) is 8.94. The van der Waals surface area contributed by atoms with Crippen molar-refractivity contribution in [3.05, 3.63) is 90.5 Å². The second-order valence-corrected chi connectivity index (χ2v) is 8.94. The molecule has 3 aromatic carbocycles. The summed E-state index contributed by atoms with van der Waals surface area (Å²) < 4.78 is 5.84. The van der Waals surface area contributed by atoms with Gasteiger partial charge in [-0.2, -0.15) is 5.26 Å². The van der Waals surface area contributed by atoms with Crippen molar-refractivity contribution in [1.82, 2.24) is 10.2 Å². The summed E-state index contributed by atoms with van der Waals surface area (Å²) in [5.41, 5.74) is 1.31. The molecule has 2 N–H and O–H groups in total. The highest BCUT2D eigenvalue weighted by Crippen LogP contribution is 2.36. The average Bonchev–Trinajstić information content (AvgIpc) is 2.88. The summed E-state index contributed by atoms with van der Waals surface area (Å²) in [6, 6.07) is 29.6. The smallest absolute Gasteiger partial charge is 0.246 e. The van der Waals surface area contributed by atoms with Crippen molar-refractivity contribution in [2.24, 2.45) is 10.9 Å². The van der Waals surface area contributed by atoms with Crippen molar-refractivity contribution in [3.8, 4) is 17.6 Å². The summed E-state index contributed by atoms with van der Waals surface area (Å²) in [7, 11) is 0. The molecule has 35 heavy (non-hydrogen) atoms. The van der Waals surface area contributed by atoms with E-state index >= 15 is 0 Å². The largest absolute Gasteiger partial charge is 0.457 e. The van der Waals surface area contributed by atoms with Gasteiger partial charge in [-0.1, -0.05) is 48.5 Å². The van der Waals surface area contributed by atoms with E-state index in [1.807, 2.05) is 72.8 Å². The van der Waals surface area contributed by atoms with Gasteiger partial charge in [0.15, 0.2) is 5.92 Å². The minimum absolute atomic E-state index is 0.300. The number of ether oxygens (including phenoxy) is 1. The molecular weight excluding hydrogens is 438 g/mol. The number of aliphatic imine (C=N–C) groups is 1. The predicted molar refractivity (Wildman–Crippen MR) is 135 cm³/mol. The zero-order valence-corrected chi connectivity index (χ0v) is 19.4. The maximum atomic E-state index is 12.8. The molecule has 7 heteroatoms. The van der Waals surface area contributed by atoms with Gasteiger partial charge in [0.2, 0.25) is 11.9 Å². The van der Waals surface area contributed by atoms with E-state index in [2.05, 4.69) is 33.7 Å². The number of anilines is 1. The fourth-order valence-corrected chi connectivity index (χ4v) is 4.69. The highest BCUT2D eigenvalue weighted by molar-refractivity contribution is 6.07. The van der Waals surface area contributed by atoms with E-state index in [1.165, 1.54) is 5.56 Å². The second kappa shape index (κ2) is 10.00. The molecule has 5 rings (SSSR count). The SMILES string of the molecule is N#C[C@H]1C(=O)NC(Nc2ccc(Oc3ccccc3)cc2)=NC12CCN(Cc1ccccc1)CC2. The maximum absolute atomic E-state index is 12.8. The first kappa shape index (κ1) is 22.6. The predicted octanol–water partition coefficient (Wildman–Crippen LogP) is 4.55. The Bertz CT molecular complexity index is 1230. The normalized spacial score (nSPS) is 19.3. The monoisotopic (exact) mass is 465 g/mol. The van der Waals surface area contributed by atoms with E-state index in [0.717, 1.165) is 31.1 Å². The maximum Gasteiger partial charge on any atom is 0.246 e. The summed E-state index contributed by atoms with van der Waals surface area (Å²) in [5, 5.41) is 15.8. The van der Waals surface area contributed by atoms with Crippen LogP contribution >= 0.6 is 0 Å². The molecule has 0 radical (unpaired) electrons. The zero-order chi connectivity index (χ0) is 24.1. The third-order valence-electron chi connectivity index (χ3n) is 6.57. The molecule has 1 amide bonds. The van der Waals surface area contributed by atoms with Crippen molar-refractivity contribution in [2.75, 3.05) is 18.4 Å². The number of amides is 1. The third-order valence-corrected chi connectivity index (χ3v) is 6.57. The number of nitrogens with zero attached hydrogens (tertiary/aromatic N) is 3. The number of para-hydroxylation sites is 1. The van der Waals surface area contributed by atoms with Gasteiger partial charge in [-0.05, 0) is 54.8 Å². The fraction of sp³-hybridized carbons (Fsp3) is 0.250. The molecule has 0 bridgehead atoms. The summed E-state index contributed by atoms with van der Waals surface area (Å²) >= 11 is 0. The molecule has 2 aliphatic rings. The molecule has 1 spiro atoms. The number of rotatable bonds is 5. The number of carbonyl (C=O) groups is 1. The van der Waals surface area contributed by atoms with Gasteiger partial charge < -0.3 is 10.1 Å². The van der Waals surface area contributed by atoms with Crippen molar-refractivity contribution >= 4 is 17.6 Å². The molecule has 7 nitrogen and oxygen atoms in total. The number of guanidine groups is 1. The van der Waals surface area contributed by atoms with E-state index in [-0.39, 0.29) is 5.91 Å². The summed E-state index contributed by atoms with van der Waals surface area (Å²) in [4.78, 5) is 20.1. The van der Waals surface area contributed by atoms with Gasteiger partial charge in [-0.25, -0.2) is 4.99 Å². The topological polar surface area (TPSA) is 89.8 Å². The minimum Gasteiger partial charge on any atom is -0.457 e. The number of piperidine rings is 1. The van der Waals surface area contributed by atoms with Crippen molar-refractivity contribution in [2.45, 2.75) is 24.9 Å². The standard InChI is InChI=1S/C28H27N5O2/c29-19-25-26(34)31-27(30-22-11-13-24(14-12-22)35-23-9-5-2-6-10-23)32-28(25)15-17-33(18-16-28)20-21-7-3-1-4-8-21/h1-14,25H,15-18,20H2,(H2,30,31,32,34)/t25-/m0/s1. The molecule has 0 unspecified atom stereocenters. The van der Waals surface area contributed by atoms with Gasteiger partial charge in [0.05, 0.1) is 11.6 Å². The fourth-order valence-electron chi connectivity index (χ4n) is 4.69. The molecule has 0 saturated carbocycles. The van der Waals surface area contributed by atoms with Crippen LogP contribution in [-0.4, -0.2) is 35.4 Å². The van der Waals surface area contributed by atoms with E-state index in [4.69, 9.17) is 9.73 Å². The van der Waals surface area contributed by atoms with Crippen LogP contribution in [0.5, 0.6) is 11.5 Å². The Labute approximate surface area is 205 Å². The van der Waals surface area contributed by atoms with Crippen LogP contribution in [-0.2, 0) is 11.3 Å². The first-order valence-corrected chi connectivity index (χ1v) is 11.8. The number of hydrogen-bond donors (Lipinski definition) is 2. The molecule has 176 valence electrons. The van der Waals surface area contributed by atoms with Gasteiger partial charge in [0.1, 0.15) is 11.5 Å². The van der Waals surface area contributed by atoms with Crippen LogP contribution in [0.4, 0.5) is 5.69 Å². The Morgan fingerprint density at radius 1 is 0.971 bits per heavy atom. The Morgan fingerprint density at radius 2 is 1.60 bits per heavy atom. The highest BCUT2D eigenvalue weighted by atomic mass is 16.5. The van der Waals surface area contributed by atoms with Gasteiger partial charge in [0.25, 0.3) is 0 Å². The minimum atomic E-state index is -0.798. The van der Waals surface area contributed by atoms with Crippen LogP contribution in [0.1, 0.15) is 18.4 Å². The lowest BCUT2D eigenvalue weighted by atomic mass is 9.76. The van der Waals surface area contributed by atoms with Gasteiger partial charge in [-0.3, -0.25) is 15.0 Å². The molecule has 3 aromatic rings. The molecular formula is C28H27N5O2. The van der Waals surface area contributed by atoms with Crippen molar-refractivity contribution < 1.29 is 9.53 Å². The molecule has 1 saturated heterocycles. The molecule has 2 heterocycles. The van der Waals surface area contributed by atoms with Crippen molar-refractivity contribution in [1.29, 1.82) is 5.26 Å². The number of nitrogens with one attached hydrogen (secondary N) is 2. The lowest BCUT2D eigenvalue weighted by Crippen LogP contribution is -2.58. The van der Waals surface area contributed by atoms with E-state index in [0.29, 0.717) is 24.6 Å². The lowest BCUT2D eigenvalue weighted by molar-refractivity contribution is -0.125. The Hall–Kier alpha value is -4.15. The van der Waals surface area contributed by atoms with Crippen LogP contribution in [0, 0.1) is 17.2 Å². The van der Waals surface area contributed by atoms with Gasteiger partial charge >= 0.3 is 0 Å². The van der Waals surface area contributed by atoms with Crippen LogP contribution in [0.25, 0.3) is 0 Å². The van der Waals surface area contributed by atoms with Crippen LogP contribution in [0.15, 0.2) is 89.9 Å². The quantitative estimate of drug-likeness (QED) is 0.577. The molecule has 2 aliphatic heterocycles. The first-order valence-electron chi connectivity index (χ1n) is 11.8. The summed E-state index contributed by atoms with van der Waals surface area (Å²) in [5.74, 6) is 0.761. The Kier molecular flexibility index (Phi) is 6.47. The molecule has 0 aromatic heterocycles. The summed E-state index contributed by atoms with van der Waals surface area (Å²) in [6.45, 7) is 2.41. The number of carbonyl (C=O) groups excluding carboxylic acids is 1. The lowest BCUT2D eigenvalue weighted by Gasteiger charge is -2.43. The van der Waals surface area contributed by atoms with E-state index in [1.54, 1.807) is 0 Å². The van der Waals surface area contributed by atoms with Crippen LogP contribution in [0.2, 0.25) is 0 Å². The van der Waals surface area contributed by atoms with Gasteiger partial charge in [0, 0.05) is 25.3 Å². The van der Waals surface area contributed by atoms with Crippen LogP contribution in [0.3, 0.4) is 0 Å². The van der Waals surface area contributed by atoms with E-state index in [9.17, 15) is 10.1 Å². The Balaban J connectivity index is 1.27. The molecule has 1 fully saturated rings. The zero-order valence-electron chi connectivity index (χ0n) is 19.4. The van der Waals surface area contributed by atoms with Crippen LogP contribution < -0.4 is 15.4 Å². The number of nitriles is 1. The van der Waals surface area contributed by atoms with Crippen molar-refractivity contribution in [3.63, 3.8) is 0 Å². The number of hydrogen-bond acceptors (Lipinski definition) is 6. The Morgan fingerprint density at radius 3 is 2.26 bits per heavy atom. The third kappa shape index (κ3) is 5.18. The van der Waals surface area contributed by atoms with Gasteiger partial charge in [-0.15, -0.1) is 0 Å².